The third-order valence-electron chi connectivity index (χ3n) is 4.33. The average Bonchev–Trinajstić information content (AvgIpc) is 2.64. The van der Waals surface area contributed by atoms with Gasteiger partial charge >= 0.3 is 0 Å². The van der Waals surface area contributed by atoms with E-state index in [2.05, 4.69) is 5.32 Å². The Bertz CT molecular complexity index is 735. The van der Waals surface area contributed by atoms with Crippen molar-refractivity contribution in [3.63, 3.8) is 0 Å². The van der Waals surface area contributed by atoms with Gasteiger partial charge < -0.3 is 14.8 Å². The second kappa shape index (κ2) is 8.95. The van der Waals surface area contributed by atoms with Gasteiger partial charge in [-0.2, -0.15) is 0 Å². The van der Waals surface area contributed by atoms with E-state index in [0.717, 1.165) is 33.9 Å². The molecule has 4 nitrogen and oxygen atoms in total. The van der Waals surface area contributed by atoms with Crippen molar-refractivity contribution in [1.82, 2.24) is 5.32 Å². The van der Waals surface area contributed by atoms with Crippen LogP contribution in [0.4, 0.5) is 0 Å². The van der Waals surface area contributed by atoms with Crippen LogP contribution in [0.15, 0.2) is 36.4 Å². The minimum Gasteiger partial charge on any atom is -0.497 e. The molecule has 0 aliphatic carbocycles. The van der Waals surface area contributed by atoms with Crippen molar-refractivity contribution in [2.45, 2.75) is 46.3 Å². The number of carbonyl (C=O) groups excluding carboxylic acids is 1. The molecule has 1 N–H and O–H groups in total. The van der Waals surface area contributed by atoms with Crippen LogP contribution in [0, 0.1) is 13.8 Å². The van der Waals surface area contributed by atoms with E-state index in [1.54, 1.807) is 14.0 Å². The monoisotopic (exact) mass is 375 g/mol. The molecule has 0 fully saturated rings. The van der Waals surface area contributed by atoms with Gasteiger partial charge in [-0.3, -0.25) is 4.79 Å². The molecule has 0 unspecified atom stereocenters. The first-order chi connectivity index (χ1) is 12.3. The number of carbonyl (C=O) groups is 1. The van der Waals surface area contributed by atoms with Gasteiger partial charge in [-0.15, -0.1) is 0 Å². The predicted molar refractivity (Wildman–Crippen MR) is 105 cm³/mol. The third-order valence-corrected chi connectivity index (χ3v) is 4.93. The number of hydrogen-bond acceptors (Lipinski definition) is 3. The van der Waals surface area contributed by atoms with Gasteiger partial charge in [0.2, 0.25) is 0 Å². The summed E-state index contributed by atoms with van der Waals surface area (Å²) in [6.45, 7) is 7.62. The maximum Gasteiger partial charge on any atom is 0.261 e. The van der Waals surface area contributed by atoms with Gasteiger partial charge in [-0.05, 0) is 68.1 Å². The zero-order chi connectivity index (χ0) is 19.3. The van der Waals surface area contributed by atoms with Gasteiger partial charge in [-0.25, -0.2) is 0 Å². The van der Waals surface area contributed by atoms with Crippen LogP contribution in [-0.4, -0.2) is 19.1 Å². The fourth-order valence-corrected chi connectivity index (χ4v) is 2.89. The fraction of sp³-hybridized carbons (Fsp3) is 0.381. The van der Waals surface area contributed by atoms with Crippen molar-refractivity contribution in [2.24, 2.45) is 0 Å². The van der Waals surface area contributed by atoms with Gasteiger partial charge in [0.15, 0.2) is 6.10 Å². The van der Waals surface area contributed by atoms with Crippen LogP contribution in [0.5, 0.6) is 11.5 Å². The molecule has 26 heavy (non-hydrogen) atoms. The topological polar surface area (TPSA) is 47.6 Å². The Morgan fingerprint density at radius 2 is 1.69 bits per heavy atom. The van der Waals surface area contributed by atoms with Gasteiger partial charge in [0.05, 0.1) is 13.2 Å². The van der Waals surface area contributed by atoms with Gasteiger partial charge in [0.25, 0.3) is 5.91 Å². The molecule has 0 aliphatic rings. The maximum absolute atomic E-state index is 12.6. The summed E-state index contributed by atoms with van der Waals surface area (Å²) in [4.78, 5) is 12.6. The molecule has 0 spiro atoms. The first-order valence-corrected chi connectivity index (χ1v) is 9.11. The van der Waals surface area contributed by atoms with Crippen molar-refractivity contribution >= 4 is 17.5 Å². The molecule has 2 rings (SSSR count). The number of ether oxygens (including phenoxy) is 2. The molecule has 0 aliphatic heterocycles. The fourth-order valence-electron chi connectivity index (χ4n) is 2.78. The molecule has 5 heteroatoms. The SMILES string of the molecule is CC[C@@H](NC(=O)[C@H](C)Oc1cc(C)c(Cl)c(C)c1)c1ccc(OC)cc1. The molecule has 2 aromatic rings. The summed E-state index contributed by atoms with van der Waals surface area (Å²) in [5.74, 6) is 1.28. The second-order valence-corrected chi connectivity index (χ2v) is 6.75. The molecule has 0 heterocycles. The van der Waals surface area contributed by atoms with E-state index >= 15 is 0 Å². The highest BCUT2D eigenvalue weighted by molar-refractivity contribution is 6.32. The van der Waals surface area contributed by atoms with E-state index in [1.807, 2.05) is 57.2 Å². The summed E-state index contributed by atoms with van der Waals surface area (Å²) in [5, 5.41) is 3.77. The average molecular weight is 376 g/mol. The number of halogens is 1. The van der Waals surface area contributed by atoms with Crippen molar-refractivity contribution in [3.8, 4) is 11.5 Å². The molecule has 0 aromatic heterocycles. The molecular formula is C21H26ClNO3. The van der Waals surface area contributed by atoms with Crippen molar-refractivity contribution < 1.29 is 14.3 Å². The molecule has 0 saturated carbocycles. The van der Waals surface area contributed by atoms with Crippen LogP contribution in [0.3, 0.4) is 0 Å². The first-order valence-electron chi connectivity index (χ1n) is 8.73. The Hall–Kier alpha value is -2.20. The Morgan fingerprint density at radius 1 is 1.12 bits per heavy atom. The van der Waals surface area contributed by atoms with Crippen molar-refractivity contribution in [1.29, 1.82) is 0 Å². The molecule has 1 amide bonds. The highest BCUT2D eigenvalue weighted by atomic mass is 35.5. The lowest BCUT2D eigenvalue weighted by Gasteiger charge is -2.21. The van der Waals surface area contributed by atoms with Crippen LogP contribution in [0.2, 0.25) is 5.02 Å². The number of nitrogens with one attached hydrogen (secondary N) is 1. The molecular weight excluding hydrogens is 350 g/mol. The molecule has 140 valence electrons. The lowest BCUT2D eigenvalue weighted by Crippen LogP contribution is -2.38. The first kappa shape index (κ1) is 20.1. The van der Waals surface area contributed by atoms with E-state index in [0.29, 0.717) is 5.75 Å². The van der Waals surface area contributed by atoms with Crippen LogP contribution >= 0.6 is 11.6 Å². The van der Waals surface area contributed by atoms with Crippen LogP contribution < -0.4 is 14.8 Å². The Labute approximate surface area is 160 Å². The Balaban J connectivity index is 2.04. The molecule has 0 saturated heterocycles. The Morgan fingerprint density at radius 3 is 2.19 bits per heavy atom. The highest BCUT2D eigenvalue weighted by Gasteiger charge is 2.20. The number of aryl methyl sites for hydroxylation is 2. The van der Waals surface area contributed by atoms with Crippen molar-refractivity contribution in [3.05, 3.63) is 58.1 Å². The molecule has 0 bridgehead atoms. The van der Waals surface area contributed by atoms with Crippen LogP contribution in [-0.2, 0) is 4.79 Å². The molecule has 2 atom stereocenters. The van der Waals surface area contributed by atoms with Crippen LogP contribution in [0.1, 0.15) is 43.0 Å². The highest BCUT2D eigenvalue weighted by Crippen LogP contribution is 2.27. The van der Waals surface area contributed by atoms with E-state index in [9.17, 15) is 4.79 Å². The van der Waals surface area contributed by atoms with E-state index in [4.69, 9.17) is 21.1 Å². The number of hydrogen-bond donors (Lipinski definition) is 1. The summed E-state index contributed by atoms with van der Waals surface area (Å²) < 4.78 is 11.0. The smallest absolute Gasteiger partial charge is 0.261 e. The quantitative estimate of drug-likeness (QED) is 0.740. The lowest BCUT2D eigenvalue weighted by atomic mass is 10.0. The number of benzene rings is 2. The van der Waals surface area contributed by atoms with Gasteiger partial charge in [0, 0.05) is 5.02 Å². The lowest BCUT2D eigenvalue weighted by molar-refractivity contribution is -0.128. The van der Waals surface area contributed by atoms with Crippen molar-refractivity contribution in [2.75, 3.05) is 7.11 Å². The zero-order valence-electron chi connectivity index (χ0n) is 15.9. The summed E-state index contributed by atoms with van der Waals surface area (Å²) in [6, 6.07) is 11.3. The van der Waals surface area contributed by atoms with E-state index in [1.165, 1.54) is 0 Å². The summed E-state index contributed by atoms with van der Waals surface area (Å²) in [5.41, 5.74) is 2.89. The second-order valence-electron chi connectivity index (χ2n) is 6.37. The number of methoxy groups -OCH3 is 1. The minimum atomic E-state index is -0.609. The minimum absolute atomic E-state index is 0.0758. The summed E-state index contributed by atoms with van der Waals surface area (Å²) in [6.07, 6.45) is 0.173. The van der Waals surface area contributed by atoms with E-state index < -0.39 is 6.10 Å². The largest absolute Gasteiger partial charge is 0.497 e. The maximum atomic E-state index is 12.6. The molecule has 0 radical (unpaired) electrons. The standard InChI is InChI=1S/C21H26ClNO3/c1-6-19(16-7-9-17(25-5)10-8-16)23-21(24)15(4)26-18-11-13(2)20(22)14(3)12-18/h7-12,15,19H,6H2,1-5H3,(H,23,24)/t15-,19+/m0/s1. The Kier molecular flexibility index (Phi) is 6.92. The van der Waals surface area contributed by atoms with Gasteiger partial charge in [0.1, 0.15) is 11.5 Å². The van der Waals surface area contributed by atoms with E-state index in [-0.39, 0.29) is 11.9 Å². The van der Waals surface area contributed by atoms with Crippen LogP contribution in [0.25, 0.3) is 0 Å². The molecule has 2 aromatic carbocycles. The predicted octanol–water partition coefficient (Wildman–Crippen LogP) is 5.00. The number of amides is 1. The third kappa shape index (κ3) is 4.92. The summed E-state index contributed by atoms with van der Waals surface area (Å²) >= 11 is 6.18. The van der Waals surface area contributed by atoms with Gasteiger partial charge in [-0.1, -0.05) is 30.7 Å². The number of rotatable bonds is 7. The summed E-state index contributed by atoms with van der Waals surface area (Å²) in [7, 11) is 1.63. The normalized spacial score (nSPS) is 13.0. The zero-order valence-corrected chi connectivity index (χ0v) is 16.7.